The largest absolute Gasteiger partial charge is 0.465 e. The van der Waals surface area contributed by atoms with Crippen molar-refractivity contribution in [1.29, 1.82) is 0 Å². The SMILES string of the molecule is CCCCCOC(=O)C(C)(CC)C(F)(F)F. The van der Waals surface area contributed by atoms with Crippen molar-refractivity contribution in [2.24, 2.45) is 5.41 Å². The van der Waals surface area contributed by atoms with Crippen LogP contribution in [-0.2, 0) is 9.53 Å². The Hall–Kier alpha value is -0.740. The Morgan fingerprint density at radius 1 is 1.19 bits per heavy atom. The lowest BCUT2D eigenvalue weighted by molar-refractivity contribution is -0.230. The summed E-state index contributed by atoms with van der Waals surface area (Å²) in [5, 5.41) is 0. The van der Waals surface area contributed by atoms with Gasteiger partial charge in [-0.25, -0.2) is 0 Å². The molecule has 0 aromatic heterocycles. The van der Waals surface area contributed by atoms with Gasteiger partial charge in [-0.3, -0.25) is 4.79 Å². The molecule has 0 amide bonds. The van der Waals surface area contributed by atoms with Crippen molar-refractivity contribution in [2.75, 3.05) is 6.61 Å². The minimum atomic E-state index is -4.55. The summed E-state index contributed by atoms with van der Waals surface area (Å²) in [6, 6.07) is 0. The summed E-state index contributed by atoms with van der Waals surface area (Å²) in [4.78, 5) is 11.4. The maximum absolute atomic E-state index is 12.6. The van der Waals surface area contributed by atoms with Gasteiger partial charge in [-0.1, -0.05) is 26.7 Å². The zero-order valence-corrected chi connectivity index (χ0v) is 9.99. The molecule has 1 unspecified atom stereocenters. The number of carbonyl (C=O) groups excluding carboxylic acids is 1. The van der Waals surface area contributed by atoms with Crippen molar-refractivity contribution in [1.82, 2.24) is 0 Å². The predicted molar refractivity (Wildman–Crippen MR) is 54.9 cm³/mol. The summed E-state index contributed by atoms with van der Waals surface area (Å²) in [6.45, 7) is 4.25. The number of esters is 1. The Labute approximate surface area is 94.2 Å². The van der Waals surface area contributed by atoms with Gasteiger partial charge in [0.05, 0.1) is 6.61 Å². The second kappa shape index (κ2) is 6.11. The summed E-state index contributed by atoms with van der Waals surface area (Å²) < 4.78 is 42.6. The Kier molecular flexibility index (Phi) is 5.83. The van der Waals surface area contributed by atoms with Crippen LogP contribution in [0.4, 0.5) is 13.2 Å². The van der Waals surface area contributed by atoms with E-state index in [4.69, 9.17) is 0 Å². The van der Waals surface area contributed by atoms with Crippen LogP contribution in [0.15, 0.2) is 0 Å². The molecule has 96 valence electrons. The van der Waals surface area contributed by atoms with Crippen molar-refractivity contribution in [2.45, 2.75) is 52.6 Å². The third-order valence-corrected chi connectivity index (χ3v) is 2.76. The normalized spacial score (nSPS) is 15.6. The van der Waals surface area contributed by atoms with E-state index in [0.29, 0.717) is 6.42 Å². The molecule has 2 nitrogen and oxygen atoms in total. The van der Waals surface area contributed by atoms with Gasteiger partial charge in [0.1, 0.15) is 0 Å². The van der Waals surface area contributed by atoms with Crippen LogP contribution >= 0.6 is 0 Å². The van der Waals surface area contributed by atoms with Crippen LogP contribution in [0.1, 0.15) is 46.5 Å². The van der Waals surface area contributed by atoms with Gasteiger partial charge in [0.2, 0.25) is 0 Å². The number of carbonyl (C=O) groups is 1. The molecule has 0 heterocycles. The molecular formula is C11H19F3O2. The number of halogens is 3. The summed E-state index contributed by atoms with van der Waals surface area (Å²) >= 11 is 0. The summed E-state index contributed by atoms with van der Waals surface area (Å²) in [5.74, 6) is -1.17. The van der Waals surface area contributed by atoms with Crippen molar-refractivity contribution >= 4 is 5.97 Å². The second-order valence-electron chi connectivity index (χ2n) is 4.03. The Bertz CT molecular complexity index is 226. The fraction of sp³-hybridized carbons (Fsp3) is 0.909. The van der Waals surface area contributed by atoms with Gasteiger partial charge in [0.25, 0.3) is 0 Å². The number of rotatable bonds is 6. The third-order valence-electron chi connectivity index (χ3n) is 2.76. The van der Waals surface area contributed by atoms with Crippen molar-refractivity contribution in [3.05, 3.63) is 0 Å². The van der Waals surface area contributed by atoms with E-state index in [1.807, 2.05) is 6.92 Å². The summed E-state index contributed by atoms with van der Waals surface area (Å²) in [6.07, 6.45) is -2.46. The second-order valence-corrected chi connectivity index (χ2v) is 4.03. The first-order valence-electron chi connectivity index (χ1n) is 5.53. The number of unbranched alkanes of at least 4 members (excludes halogenated alkanes) is 2. The first kappa shape index (κ1) is 15.3. The van der Waals surface area contributed by atoms with E-state index < -0.39 is 17.6 Å². The zero-order valence-electron chi connectivity index (χ0n) is 9.99. The zero-order chi connectivity index (χ0) is 12.8. The van der Waals surface area contributed by atoms with Gasteiger partial charge in [0.15, 0.2) is 5.41 Å². The smallest absolute Gasteiger partial charge is 0.404 e. The fourth-order valence-corrected chi connectivity index (χ4v) is 1.14. The molecule has 0 saturated heterocycles. The molecule has 5 heteroatoms. The van der Waals surface area contributed by atoms with E-state index in [-0.39, 0.29) is 13.0 Å². The van der Waals surface area contributed by atoms with Crippen LogP contribution in [0.25, 0.3) is 0 Å². The van der Waals surface area contributed by atoms with Crippen molar-refractivity contribution < 1.29 is 22.7 Å². The van der Waals surface area contributed by atoms with E-state index in [1.54, 1.807) is 0 Å². The highest BCUT2D eigenvalue weighted by atomic mass is 19.4. The van der Waals surface area contributed by atoms with Crippen LogP contribution in [0.5, 0.6) is 0 Å². The third kappa shape index (κ3) is 3.68. The Balaban J connectivity index is 4.32. The monoisotopic (exact) mass is 240 g/mol. The number of hydrogen-bond donors (Lipinski definition) is 0. The minimum Gasteiger partial charge on any atom is -0.465 e. The molecule has 0 saturated carbocycles. The molecular weight excluding hydrogens is 221 g/mol. The van der Waals surface area contributed by atoms with E-state index >= 15 is 0 Å². The first-order chi connectivity index (χ1) is 7.29. The van der Waals surface area contributed by atoms with Crippen LogP contribution in [0, 0.1) is 5.41 Å². The molecule has 0 spiro atoms. The molecule has 0 aromatic rings. The molecule has 0 aromatic carbocycles. The van der Waals surface area contributed by atoms with Crippen LogP contribution in [0.3, 0.4) is 0 Å². The lowest BCUT2D eigenvalue weighted by Crippen LogP contribution is -2.43. The molecule has 1 atom stereocenters. The topological polar surface area (TPSA) is 26.3 Å². The minimum absolute atomic E-state index is 0.0678. The summed E-state index contributed by atoms with van der Waals surface area (Å²) in [5.41, 5.74) is -2.38. The average molecular weight is 240 g/mol. The summed E-state index contributed by atoms with van der Waals surface area (Å²) in [7, 11) is 0. The average Bonchev–Trinajstić information content (AvgIpc) is 2.21. The highest BCUT2D eigenvalue weighted by Crippen LogP contribution is 2.41. The lowest BCUT2D eigenvalue weighted by atomic mass is 9.87. The van der Waals surface area contributed by atoms with Crippen molar-refractivity contribution in [3.8, 4) is 0 Å². The molecule has 0 aliphatic carbocycles. The highest BCUT2D eigenvalue weighted by Gasteiger charge is 2.56. The maximum Gasteiger partial charge on any atom is 0.404 e. The van der Waals surface area contributed by atoms with E-state index in [9.17, 15) is 18.0 Å². The Morgan fingerprint density at radius 3 is 2.12 bits per heavy atom. The van der Waals surface area contributed by atoms with Crippen LogP contribution in [-0.4, -0.2) is 18.8 Å². The number of ether oxygens (including phenoxy) is 1. The maximum atomic E-state index is 12.6. The van der Waals surface area contributed by atoms with E-state index in [1.165, 1.54) is 6.92 Å². The molecule has 16 heavy (non-hydrogen) atoms. The standard InChI is InChI=1S/C11H19F3O2/c1-4-6-7-8-16-9(15)10(3,5-2)11(12,13)14/h4-8H2,1-3H3. The Morgan fingerprint density at radius 2 is 1.75 bits per heavy atom. The number of hydrogen-bond acceptors (Lipinski definition) is 2. The predicted octanol–water partition coefficient (Wildman–Crippen LogP) is 3.70. The highest BCUT2D eigenvalue weighted by molar-refractivity contribution is 5.77. The van der Waals surface area contributed by atoms with Gasteiger partial charge in [-0.15, -0.1) is 0 Å². The van der Waals surface area contributed by atoms with Gasteiger partial charge in [-0.2, -0.15) is 13.2 Å². The first-order valence-corrected chi connectivity index (χ1v) is 5.53. The molecule has 0 N–H and O–H groups in total. The lowest BCUT2D eigenvalue weighted by Gasteiger charge is -2.28. The molecule has 0 radical (unpaired) electrons. The van der Waals surface area contributed by atoms with Gasteiger partial charge < -0.3 is 4.74 Å². The fourth-order valence-electron chi connectivity index (χ4n) is 1.14. The van der Waals surface area contributed by atoms with Crippen LogP contribution in [0.2, 0.25) is 0 Å². The molecule has 0 bridgehead atoms. The number of alkyl halides is 3. The van der Waals surface area contributed by atoms with Gasteiger partial charge in [0, 0.05) is 0 Å². The van der Waals surface area contributed by atoms with E-state index in [0.717, 1.165) is 19.8 Å². The van der Waals surface area contributed by atoms with Crippen molar-refractivity contribution in [3.63, 3.8) is 0 Å². The molecule has 0 rings (SSSR count). The molecule has 0 aliphatic heterocycles. The quantitative estimate of drug-likeness (QED) is 0.522. The van der Waals surface area contributed by atoms with Gasteiger partial charge >= 0.3 is 12.1 Å². The van der Waals surface area contributed by atoms with Crippen LogP contribution < -0.4 is 0 Å². The molecule has 0 aliphatic rings. The van der Waals surface area contributed by atoms with Gasteiger partial charge in [-0.05, 0) is 19.8 Å². The van der Waals surface area contributed by atoms with E-state index in [2.05, 4.69) is 4.74 Å². The molecule has 0 fully saturated rings.